The van der Waals surface area contributed by atoms with Crippen molar-refractivity contribution in [1.29, 1.82) is 0 Å². The predicted octanol–water partition coefficient (Wildman–Crippen LogP) is 12.7. The third kappa shape index (κ3) is 14.3. The van der Waals surface area contributed by atoms with Crippen LogP contribution in [0.1, 0.15) is 160 Å². The molecule has 0 radical (unpaired) electrons. The summed E-state index contributed by atoms with van der Waals surface area (Å²) in [6, 6.07) is 14.0. The van der Waals surface area contributed by atoms with Crippen molar-refractivity contribution in [3.05, 3.63) is 58.7 Å². The molecule has 0 aliphatic rings. The second-order valence-electron chi connectivity index (χ2n) is 12.0. The maximum Gasteiger partial charge on any atom is 0.0636 e. The van der Waals surface area contributed by atoms with Crippen LogP contribution in [0.4, 0.5) is 11.4 Å². The molecule has 0 spiro atoms. The van der Waals surface area contributed by atoms with Gasteiger partial charge >= 0.3 is 0 Å². The number of hydrogen-bond donors (Lipinski definition) is 0. The molecule has 0 aliphatic heterocycles. The molecule has 0 aromatic heterocycles. The summed E-state index contributed by atoms with van der Waals surface area (Å²) in [6.45, 7) is 13.7. The van der Waals surface area contributed by atoms with E-state index in [0.29, 0.717) is 0 Å². The normalized spacial score (nSPS) is 12.0. The number of aryl methyl sites for hydroxylation is 4. The minimum atomic E-state index is 0. The maximum atomic E-state index is 5.39. The van der Waals surface area contributed by atoms with Gasteiger partial charge < -0.3 is 0 Å². The van der Waals surface area contributed by atoms with Gasteiger partial charge in [-0.3, -0.25) is 9.98 Å². The topological polar surface area (TPSA) is 24.7 Å². The van der Waals surface area contributed by atoms with E-state index < -0.39 is 0 Å². The number of unbranched alkanes of at least 4 members (excludes halogenated alkanes) is 7. The molecule has 0 unspecified atom stereocenters. The van der Waals surface area contributed by atoms with Crippen LogP contribution in [0.5, 0.6) is 0 Å². The third-order valence-electron chi connectivity index (χ3n) is 8.22. The summed E-state index contributed by atoms with van der Waals surface area (Å²) >= 11 is 0. The molecule has 2 rings (SSSR count). The van der Waals surface area contributed by atoms with E-state index in [4.69, 9.17) is 9.98 Å². The van der Waals surface area contributed by atoms with Gasteiger partial charge in [-0.1, -0.05) is 98.6 Å². The van der Waals surface area contributed by atoms with Crippen LogP contribution in [0.25, 0.3) is 0 Å². The summed E-state index contributed by atoms with van der Waals surface area (Å²) in [5.41, 5.74) is 10.7. The molecule has 2 aromatic carbocycles. The van der Waals surface area contributed by atoms with Gasteiger partial charge in [-0.05, 0) is 124 Å². The summed E-state index contributed by atoms with van der Waals surface area (Å²) in [6.07, 6.45) is 22.6. The van der Waals surface area contributed by atoms with Gasteiger partial charge in [0.05, 0.1) is 22.8 Å². The fourth-order valence-electron chi connectivity index (χ4n) is 5.51. The fourth-order valence-corrected chi connectivity index (χ4v) is 5.51. The zero-order chi connectivity index (χ0) is 29.7. The molecule has 0 saturated carbocycles. The van der Waals surface area contributed by atoms with Crippen molar-refractivity contribution in [2.45, 2.75) is 164 Å². The molecular formula is C39H62N2Pd. The second-order valence-corrected chi connectivity index (χ2v) is 12.0. The smallest absolute Gasteiger partial charge is 0.0636 e. The molecule has 238 valence electrons. The minimum Gasteiger partial charge on any atom is -0.252 e. The minimum absolute atomic E-state index is 0. The van der Waals surface area contributed by atoms with Gasteiger partial charge in [0.1, 0.15) is 0 Å². The van der Waals surface area contributed by atoms with Gasteiger partial charge in [-0.15, -0.1) is 0 Å². The van der Waals surface area contributed by atoms with Crippen LogP contribution in [-0.4, -0.2) is 11.4 Å². The summed E-state index contributed by atoms with van der Waals surface area (Å²) in [5, 5.41) is 0. The van der Waals surface area contributed by atoms with Gasteiger partial charge in [0.2, 0.25) is 0 Å². The molecule has 2 nitrogen and oxygen atoms in total. The standard InChI is InChI=1S/C39H62N2.Pd/c1-7-13-19-25-39(41-37-29-27-33(21-15-9-3)35(31-37)23-17-11-5)38(24-18-12-6)40-36-28-26-32(20-14-8-2)34(30-36)22-16-10-4;/h26-31H,7-25H2,1-6H3;. The van der Waals surface area contributed by atoms with Gasteiger partial charge in [0.25, 0.3) is 0 Å². The third-order valence-corrected chi connectivity index (χ3v) is 8.22. The average molecular weight is 665 g/mol. The predicted molar refractivity (Wildman–Crippen MR) is 185 cm³/mol. The Morgan fingerprint density at radius 3 is 1.17 bits per heavy atom. The Balaban J connectivity index is 0.00000882. The Labute approximate surface area is 274 Å². The van der Waals surface area contributed by atoms with Crippen molar-refractivity contribution in [2.75, 3.05) is 0 Å². The monoisotopic (exact) mass is 664 g/mol. The number of hydrogen-bond acceptors (Lipinski definition) is 2. The quantitative estimate of drug-likeness (QED) is 0.0680. The van der Waals surface area contributed by atoms with Crippen LogP contribution in [0, 0.1) is 0 Å². The molecule has 0 aliphatic carbocycles. The number of rotatable bonds is 22. The van der Waals surface area contributed by atoms with Crippen molar-refractivity contribution in [3.63, 3.8) is 0 Å². The van der Waals surface area contributed by atoms with E-state index in [9.17, 15) is 0 Å². The van der Waals surface area contributed by atoms with Crippen LogP contribution < -0.4 is 0 Å². The Hall–Kier alpha value is -1.56. The van der Waals surface area contributed by atoms with E-state index in [1.807, 2.05) is 0 Å². The number of benzene rings is 2. The van der Waals surface area contributed by atoms with Gasteiger partial charge in [-0.2, -0.15) is 0 Å². The molecule has 2 aromatic rings. The van der Waals surface area contributed by atoms with E-state index in [-0.39, 0.29) is 20.4 Å². The van der Waals surface area contributed by atoms with Crippen LogP contribution in [0.3, 0.4) is 0 Å². The summed E-state index contributed by atoms with van der Waals surface area (Å²) in [7, 11) is 0. The van der Waals surface area contributed by atoms with E-state index in [0.717, 1.165) is 43.5 Å². The zero-order valence-corrected chi connectivity index (χ0v) is 29.7. The first kappa shape index (κ1) is 38.5. The van der Waals surface area contributed by atoms with E-state index in [1.165, 1.54) is 124 Å². The zero-order valence-electron chi connectivity index (χ0n) is 28.1. The van der Waals surface area contributed by atoms with Gasteiger partial charge in [0.15, 0.2) is 0 Å². The maximum absolute atomic E-state index is 5.39. The number of nitrogens with zero attached hydrogens (tertiary/aromatic N) is 2. The molecule has 42 heavy (non-hydrogen) atoms. The number of aliphatic imine (C=N–C) groups is 2. The Morgan fingerprint density at radius 1 is 0.429 bits per heavy atom. The molecule has 0 N–H and O–H groups in total. The van der Waals surface area contributed by atoms with Crippen molar-refractivity contribution >= 4 is 22.8 Å². The van der Waals surface area contributed by atoms with E-state index >= 15 is 0 Å². The molecule has 0 amide bonds. The Bertz CT molecular complexity index is 1050. The first-order valence-electron chi connectivity index (χ1n) is 17.5. The molecule has 0 saturated heterocycles. The molecule has 0 bridgehead atoms. The molecule has 0 heterocycles. The second kappa shape index (κ2) is 23.8. The fraction of sp³-hybridized carbons (Fsp3) is 0.641. The summed E-state index contributed by atoms with van der Waals surface area (Å²) < 4.78 is 0. The van der Waals surface area contributed by atoms with Crippen molar-refractivity contribution in [1.82, 2.24) is 0 Å². The van der Waals surface area contributed by atoms with Gasteiger partial charge in [0, 0.05) is 20.4 Å². The van der Waals surface area contributed by atoms with E-state index in [1.54, 1.807) is 0 Å². The Morgan fingerprint density at radius 2 is 0.786 bits per heavy atom. The van der Waals surface area contributed by atoms with Gasteiger partial charge in [-0.25, -0.2) is 0 Å². The van der Waals surface area contributed by atoms with Crippen LogP contribution in [-0.2, 0) is 46.1 Å². The average Bonchev–Trinajstić information content (AvgIpc) is 2.99. The van der Waals surface area contributed by atoms with Crippen LogP contribution >= 0.6 is 0 Å². The largest absolute Gasteiger partial charge is 0.252 e. The first-order chi connectivity index (χ1) is 20.1. The summed E-state index contributed by atoms with van der Waals surface area (Å²) in [5.74, 6) is 0. The van der Waals surface area contributed by atoms with Crippen LogP contribution in [0.15, 0.2) is 46.4 Å². The van der Waals surface area contributed by atoms with E-state index in [2.05, 4.69) is 77.9 Å². The first-order valence-corrected chi connectivity index (χ1v) is 17.5. The van der Waals surface area contributed by atoms with Crippen LogP contribution in [0.2, 0.25) is 0 Å². The summed E-state index contributed by atoms with van der Waals surface area (Å²) in [4.78, 5) is 10.8. The molecule has 0 fully saturated rings. The van der Waals surface area contributed by atoms with Crippen molar-refractivity contribution < 1.29 is 20.4 Å². The SMILES string of the molecule is CCCCCC(=Nc1ccc(CCCC)c(CCCC)c1)C(CCCC)=Nc1ccc(CCCC)c(CCCC)c1.[Pd]. The van der Waals surface area contributed by atoms with Crippen molar-refractivity contribution in [2.24, 2.45) is 9.98 Å². The Kier molecular flexibility index (Phi) is 21.8. The van der Waals surface area contributed by atoms with Crippen molar-refractivity contribution in [3.8, 4) is 0 Å². The molecule has 3 heteroatoms. The molecule has 0 atom stereocenters. The molecular weight excluding hydrogens is 603 g/mol.